The van der Waals surface area contributed by atoms with Gasteiger partial charge in [0.2, 0.25) is 0 Å². The van der Waals surface area contributed by atoms with Gasteiger partial charge in [0.15, 0.2) is 11.6 Å². The highest BCUT2D eigenvalue weighted by molar-refractivity contribution is 5.94. The Bertz CT molecular complexity index is 1020. The van der Waals surface area contributed by atoms with E-state index in [0.29, 0.717) is 11.4 Å². The number of para-hydroxylation sites is 1. The monoisotopic (exact) mass is 407 g/mol. The van der Waals surface area contributed by atoms with Gasteiger partial charge in [0.1, 0.15) is 18.9 Å². The van der Waals surface area contributed by atoms with E-state index in [1.165, 1.54) is 12.1 Å². The highest BCUT2D eigenvalue weighted by atomic mass is 19.1. The summed E-state index contributed by atoms with van der Waals surface area (Å²) >= 11 is 0. The summed E-state index contributed by atoms with van der Waals surface area (Å²) in [5.41, 5.74) is 2.41. The third-order valence-electron chi connectivity index (χ3n) is 4.17. The SMILES string of the molecule is CN(C)c1ccc(N=Nc2ccccc2C(=O)OCCOc2ccccc2F)cc1. The molecule has 154 valence electrons. The van der Waals surface area contributed by atoms with Crippen molar-refractivity contribution in [2.75, 3.05) is 32.2 Å². The Labute approximate surface area is 174 Å². The first-order valence-corrected chi connectivity index (χ1v) is 9.37. The van der Waals surface area contributed by atoms with Gasteiger partial charge in [-0.05, 0) is 48.5 Å². The Hall–Kier alpha value is -3.74. The molecular weight excluding hydrogens is 385 g/mol. The van der Waals surface area contributed by atoms with Gasteiger partial charge in [-0.3, -0.25) is 0 Å². The molecule has 30 heavy (non-hydrogen) atoms. The number of carbonyl (C=O) groups excluding carboxylic acids is 1. The molecule has 0 saturated carbocycles. The molecule has 3 aromatic carbocycles. The minimum Gasteiger partial charge on any atom is -0.487 e. The van der Waals surface area contributed by atoms with E-state index in [1.807, 2.05) is 43.3 Å². The van der Waals surface area contributed by atoms with Crippen LogP contribution < -0.4 is 9.64 Å². The molecule has 0 atom stereocenters. The van der Waals surface area contributed by atoms with Gasteiger partial charge in [0, 0.05) is 19.8 Å². The van der Waals surface area contributed by atoms with Crippen molar-refractivity contribution in [3.63, 3.8) is 0 Å². The number of halogens is 1. The van der Waals surface area contributed by atoms with Gasteiger partial charge in [-0.1, -0.05) is 24.3 Å². The smallest absolute Gasteiger partial charge is 0.340 e. The van der Waals surface area contributed by atoms with Crippen molar-refractivity contribution >= 4 is 23.0 Å². The summed E-state index contributed by atoms with van der Waals surface area (Å²) < 4.78 is 24.0. The zero-order chi connectivity index (χ0) is 21.3. The molecule has 0 aliphatic heterocycles. The molecule has 0 spiro atoms. The van der Waals surface area contributed by atoms with Gasteiger partial charge in [-0.15, -0.1) is 5.11 Å². The van der Waals surface area contributed by atoms with Crippen LogP contribution in [0.15, 0.2) is 83.0 Å². The van der Waals surface area contributed by atoms with Crippen LogP contribution in [0.25, 0.3) is 0 Å². The van der Waals surface area contributed by atoms with E-state index in [0.717, 1.165) is 5.69 Å². The second-order valence-corrected chi connectivity index (χ2v) is 6.54. The molecule has 0 N–H and O–H groups in total. The Kier molecular flexibility index (Phi) is 7.10. The van der Waals surface area contributed by atoms with Crippen LogP contribution in [0.4, 0.5) is 21.5 Å². The number of ether oxygens (including phenoxy) is 2. The fourth-order valence-electron chi connectivity index (χ4n) is 2.59. The van der Waals surface area contributed by atoms with E-state index in [-0.39, 0.29) is 24.5 Å². The summed E-state index contributed by atoms with van der Waals surface area (Å²) in [6.07, 6.45) is 0. The molecule has 3 aromatic rings. The molecule has 0 heterocycles. The molecule has 0 aliphatic carbocycles. The lowest BCUT2D eigenvalue weighted by Gasteiger charge is -2.11. The summed E-state index contributed by atoms with van der Waals surface area (Å²) in [5, 5.41) is 8.39. The Morgan fingerprint density at radius 2 is 1.60 bits per heavy atom. The molecule has 3 rings (SSSR count). The van der Waals surface area contributed by atoms with Crippen LogP contribution in [0, 0.1) is 5.82 Å². The number of azo groups is 1. The zero-order valence-electron chi connectivity index (χ0n) is 16.8. The van der Waals surface area contributed by atoms with Crippen LogP contribution in [0.2, 0.25) is 0 Å². The number of hydrogen-bond acceptors (Lipinski definition) is 6. The van der Waals surface area contributed by atoms with Gasteiger partial charge in [-0.25, -0.2) is 9.18 Å². The molecule has 0 bridgehead atoms. The minimum atomic E-state index is -0.551. The number of rotatable bonds is 8. The lowest BCUT2D eigenvalue weighted by Crippen LogP contribution is -2.13. The normalized spacial score (nSPS) is 10.8. The fraction of sp³-hybridized carbons (Fsp3) is 0.174. The fourth-order valence-corrected chi connectivity index (χ4v) is 2.59. The molecule has 6 nitrogen and oxygen atoms in total. The van der Waals surface area contributed by atoms with E-state index in [9.17, 15) is 9.18 Å². The maximum Gasteiger partial charge on any atom is 0.340 e. The van der Waals surface area contributed by atoms with Gasteiger partial charge in [-0.2, -0.15) is 5.11 Å². The largest absolute Gasteiger partial charge is 0.487 e. The van der Waals surface area contributed by atoms with Crippen LogP contribution in [0.3, 0.4) is 0 Å². The summed E-state index contributed by atoms with van der Waals surface area (Å²) in [5.74, 6) is -0.902. The van der Waals surface area contributed by atoms with E-state index in [4.69, 9.17) is 9.47 Å². The van der Waals surface area contributed by atoms with Crippen molar-refractivity contribution < 1.29 is 18.7 Å². The van der Waals surface area contributed by atoms with E-state index >= 15 is 0 Å². The molecule has 0 unspecified atom stereocenters. The lowest BCUT2D eigenvalue weighted by atomic mass is 10.2. The third-order valence-corrected chi connectivity index (χ3v) is 4.17. The third kappa shape index (κ3) is 5.64. The van der Waals surface area contributed by atoms with Crippen molar-refractivity contribution in [3.05, 3.63) is 84.2 Å². The number of benzene rings is 3. The van der Waals surface area contributed by atoms with Gasteiger partial charge >= 0.3 is 5.97 Å². The van der Waals surface area contributed by atoms with Crippen molar-refractivity contribution in [3.8, 4) is 5.75 Å². The standard InChI is InChI=1S/C23H22FN3O3/c1-27(2)18-13-11-17(12-14-18)25-26-21-9-5-3-7-19(21)23(28)30-16-15-29-22-10-6-4-8-20(22)24/h3-14H,15-16H2,1-2H3. The Morgan fingerprint density at radius 1 is 0.900 bits per heavy atom. The summed E-state index contributed by atoms with van der Waals surface area (Å²) in [7, 11) is 3.92. The molecule has 0 saturated heterocycles. The Balaban J connectivity index is 1.59. The predicted octanol–water partition coefficient (Wildman–Crippen LogP) is 5.54. The second kappa shape index (κ2) is 10.2. The van der Waals surface area contributed by atoms with Crippen LogP contribution in [-0.4, -0.2) is 33.3 Å². The van der Waals surface area contributed by atoms with E-state index < -0.39 is 11.8 Å². The predicted molar refractivity (Wildman–Crippen MR) is 114 cm³/mol. The van der Waals surface area contributed by atoms with Crippen LogP contribution >= 0.6 is 0 Å². The first-order valence-electron chi connectivity index (χ1n) is 9.37. The zero-order valence-corrected chi connectivity index (χ0v) is 16.8. The highest BCUT2D eigenvalue weighted by Crippen LogP contribution is 2.24. The Morgan fingerprint density at radius 3 is 2.33 bits per heavy atom. The number of anilines is 1. The number of esters is 1. The molecule has 0 radical (unpaired) electrons. The summed E-state index contributed by atoms with van der Waals surface area (Å²) in [6, 6.07) is 20.4. The number of nitrogens with zero attached hydrogens (tertiary/aromatic N) is 3. The molecule has 0 aliphatic rings. The maximum absolute atomic E-state index is 13.5. The molecule has 0 amide bonds. The number of carbonyl (C=O) groups is 1. The topological polar surface area (TPSA) is 63.5 Å². The average Bonchev–Trinajstić information content (AvgIpc) is 2.76. The molecular formula is C23H22FN3O3. The maximum atomic E-state index is 13.5. The van der Waals surface area contributed by atoms with Crippen LogP contribution in [-0.2, 0) is 4.74 Å². The lowest BCUT2D eigenvalue weighted by molar-refractivity contribution is 0.0449. The van der Waals surface area contributed by atoms with E-state index in [1.54, 1.807) is 36.4 Å². The first kappa shape index (κ1) is 21.0. The van der Waals surface area contributed by atoms with Crippen molar-refractivity contribution in [2.45, 2.75) is 0 Å². The molecule has 0 aromatic heterocycles. The van der Waals surface area contributed by atoms with Crippen molar-refractivity contribution in [1.29, 1.82) is 0 Å². The van der Waals surface area contributed by atoms with Crippen LogP contribution in [0.5, 0.6) is 5.75 Å². The van der Waals surface area contributed by atoms with Gasteiger partial charge in [0.05, 0.1) is 11.3 Å². The second-order valence-electron chi connectivity index (χ2n) is 6.54. The minimum absolute atomic E-state index is 0.0232. The first-order chi connectivity index (χ1) is 14.5. The van der Waals surface area contributed by atoms with Gasteiger partial charge < -0.3 is 14.4 Å². The summed E-state index contributed by atoms with van der Waals surface area (Å²) in [4.78, 5) is 14.4. The average molecular weight is 407 g/mol. The quantitative estimate of drug-likeness (QED) is 0.279. The number of hydrogen-bond donors (Lipinski definition) is 0. The van der Waals surface area contributed by atoms with Crippen molar-refractivity contribution in [2.24, 2.45) is 10.2 Å². The van der Waals surface area contributed by atoms with Gasteiger partial charge in [0.25, 0.3) is 0 Å². The van der Waals surface area contributed by atoms with Crippen LogP contribution in [0.1, 0.15) is 10.4 Å². The van der Waals surface area contributed by atoms with E-state index in [2.05, 4.69) is 10.2 Å². The molecule has 0 fully saturated rings. The molecule has 7 heteroatoms. The van der Waals surface area contributed by atoms with Crippen molar-refractivity contribution in [1.82, 2.24) is 0 Å². The summed E-state index contributed by atoms with van der Waals surface area (Å²) in [6.45, 7) is 0.0131. The highest BCUT2D eigenvalue weighted by Gasteiger charge is 2.12.